The van der Waals surface area contributed by atoms with E-state index in [1.807, 2.05) is 0 Å². The van der Waals surface area contributed by atoms with Gasteiger partial charge in [-0.05, 0) is 24.3 Å². The van der Waals surface area contributed by atoms with E-state index in [1.54, 1.807) is 12.1 Å². The smallest absolute Gasteiger partial charge is 0.247 e. The molecule has 0 aliphatic carbocycles. The minimum absolute atomic E-state index is 0.326. The van der Waals surface area contributed by atoms with Gasteiger partial charge in [-0.15, -0.1) is 0 Å². The molecular formula is C8H10BrNO4S2. The van der Waals surface area contributed by atoms with Crippen LogP contribution in [-0.2, 0) is 19.9 Å². The first-order chi connectivity index (χ1) is 7.18. The number of anilines is 1. The summed E-state index contributed by atoms with van der Waals surface area (Å²) in [6.07, 6.45) is 0.869. The van der Waals surface area contributed by atoms with Crippen LogP contribution in [0.2, 0.25) is 0 Å². The highest BCUT2D eigenvalue weighted by atomic mass is 79.9. The Morgan fingerprint density at radius 1 is 1.12 bits per heavy atom. The quantitative estimate of drug-likeness (QED) is 0.900. The first kappa shape index (κ1) is 13.5. The predicted molar refractivity (Wildman–Crippen MR) is 66.4 cm³/mol. The summed E-state index contributed by atoms with van der Waals surface area (Å²) in [5.41, 5.74) is 0.326. The van der Waals surface area contributed by atoms with Crippen molar-refractivity contribution >= 4 is 41.5 Å². The number of sulfonamides is 1. The Morgan fingerprint density at radius 3 is 2.06 bits per heavy atom. The lowest BCUT2D eigenvalue weighted by atomic mass is 10.3. The van der Waals surface area contributed by atoms with Gasteiger partial charge in [0.25, 0.3) is 0 Å². The van der Waals surface area contributed by atoms with Gasteiger partial charge < -0.3 is 0 Å². The van der Waals surface area contributed by atoms with Crippen molar-refractivity contribution in [3.05, 3.63) is 28.7 Å². The standard InChI is InChI=1S/C8H10BrNO4S2/c1-15(11,12)6-16(13,14)10-8-4-2-7(9)3-5-8/h2-5,10H,6H2,1H3. The second kappa shape index (κ2) is 4.72. The third kappa shape index (κ3) is 4.95. The van der Waals surface area contributed by atoms with Gasteiger partial charge in [-0.2, -0.15) is 0 Å². The molecule has 0 saturated carbocycles. The van der Waals surface area contributed by atoms with E-state index >= 15 is 0 Å². The van der Waals surface area contributed by atoms with Gasteiger partial charge in [0.15, 0.2) is 14.9 Å². The van der Waals surface area contributed by atoms with E-state index in [2.05, 4.69) is 20.7 Å². The zero-order valence-electron chi connectivity index (χ0n) is 8.34. The first-order valence-electron chi connectivity index (χ1n) is 4.12. The van der Waals surface area contributed by atoms with E-state index < -0.39 is 24.9 Å². The highest BCUT2D eigenvalue weighted by Gasteiger charge is 2.17. The van der Waals surface area contributed by atoms with E-state index in [0.29, 0.717) is 5.69 Å². The number of halogens is 1. The minimum atomic E-state index is -3.86. The van der Waals surface area contributed by atoms with E-state index in [1.165, 1.54) is 12.1 Å². The second-order valence-corrected chi connectivity index (χ2v) is 8.41. The zero-order valence-corrected chi connectivity index (χ0v) is 11.6. The van der Waals surface area contributed by atoms with Gasteiger partial charge in [0.05, 0.1) is 0 Å². The highest BCUT2D eigenvalue weighted by molar-refractivity contribution is 9.10. The van der Waals surface area contributed by atoms with Crippen LogP contribution in [0.25, 0.3) is 0 Å². The largest absolute Gasteiger partial charge is 0.283 e. The lowest BCUT2D eigenvalue weighted by molar-refractivity contribution is 0.595. The molecule has 0 amide bonds. The molecule has 90 valence electrons. The van der Waals surface area contributed by atoms with Crippen molar-refractivity contribution in [2.75, 3.05) is 16.1 Å². The lowest BCUT2D eigenvalue weighted by Crippen LogP contribution is -2.22. The Balaban J connectivity index is 2.85. The molecule has 0 radical (unpaired) electrons. The molecular weight excluding hydrogens is 318 g/mol. The van der Waals surface area contributed by atoms with E-state index in [0.717, 1.165) is 10.7 Å². The minimum Gasteiger partial charge on any atom is -0.283 e. The first-order valence-corrected chi connectivity index (χ1v) is 8.62. The molecule has 0 bridgehead atoms. The molecule has 16 heavy (non-hydrogen) atoms. The van der Waals surface area contributed by atoms with Gasteiger partial charge in [0.2, 0.25) is 10.0 Å². The summed E-state index contributed by atoms with van der Waals surface area (Å²) in [6.45, 7) is 0. The molecule has 5 nitrogen and oxygen atoms in total. The molecule has 0 fully saturated rings. The average molecular weight is 328 g/mol. The molecule has 0 aliphatic heterocycles. The summed E-state index contributed by atoms with van der Waals surface area (Å²) in [5.74, 6) is 0. The third-order valence-corrected chi connectivity index (χ3v) is 5.52. The van der Waals surface area contributed by atoms with Gasteiger partial charge in [-0.3, -0.25) is 4.72 Å². The third-order valence-electron chi connectivity index (χ3n) is 1.49. The molecule has 0 aliphatic rings. The Hall–Kier alpha value is -0.600. The van der Waals surface area contributed by atoms with E-state index in [9.17, 15) is 16.8 Å². The summed E-state index contributed by atoms with van der Waals surface area (Å²) in [6, 6.07) is 6.37. The Bertz CT molecular complexity index is 563. The summed E-state index contributed by atoms with van der Waals surface area (Å²) in [4.78, 5) is 0. The highest BCUT2D eigenvalue weighted by Crippen LogP contribution is 2.15. The molecule has 1 rings (SSSR count). The maximum atomic E-state index is 11.4. The van der Waals surface area contributed by atoms with Crippen molar-refractivity contribution in [3.63, 3.8) is 0 Å². The maximum absolute atomic E-state index is 11.4. The van der Waals surface area contributed by atoms with Gasteiger partial charge in [0, 0.05) is 16.4 Å². The summed E-state index contributed by atoms with van der Waals surface area (Å²) in [5, 5.41) is -0.921. The number of hydrogen-bond donors (Lipinski definition) is 1. The van der Waals surface area contributed by atoms with Crippen LogP contribution in [0.1, 0.15) is 0 Å². The van der Waals surface area contributed by atoms with Crippen LogP contribution < -0.4 is 4.72 Å². The number of rotatable bonds is 4. The monoisotopic (exact) mass is 327 g/mol. The average Bonchev–Trinajstić information content (AvgIpc) is 2.04. The summed E-state index contributed by atoms with van der Waals surface area (Å²) < 4.78 is 47.5. The van der Waals surface area contributed by atoms with Gasteiger partial charge in [-0.1, -0.05) is 15.9 Å². The van der Waals surface area contributed by atoms with Crippen LogP contribution in [-0.4, -0.2) is 28.2 Å². The fourth-order valence-corrected chi connectivity index (χ4v) is 4.26. The van der Waals surface area contributed by atoms with Crippen LogP contribution in [0.4, 0.5) is 5.69 Å². The van der Waals surface area contributed by atoms with Crippen LogP contribution >= 0.6 is 15.9 Å². The van der Waals surface area contributed by atoms with Crippen molar-refractivity contribution in [2.24, 2.45) is 0 Å². The molecule has 0 heterocycles. The number of benzene rings is 1. The number of nitrogens with one attached hydrogen (secondary N) is 1. The van der Waals surface area contributed by atoms with Crippen LogP contribution in [0.5, 0.6) is 0 Å². The molecule has 0 aromatic heterocycles. The fourth-order valence-electron chi connectivity index (χ4n) is 1.01. The Morgan fingerprint density at radius 2 is 1.62 bits per heavy atom. The number of hydrogen-bond acceptors (Lipinski definition) is 4. The molecule has 8 heteroatoms. The van der Waals surface area contributed by atoms with Crippen LogP contribution in [0.3, 0.4) is 0 Å². The van der Waals surface area contributed by atoms with E-state index in [-0.39, 0.29) is 0 Å². The van der Waals surface area contributed by atoms with E-state index in [4.69, 9.17) is 0 Å². The van der Waals surface area contributed by atoms with Crippen LogP contribution in [0, 0.1) is 0 Å². The molecule has 0 spiro atoms. The summed E-state index contributed by atoms with van der Waals surface area (Å²) >= 11 is 3.20. The van der Waals surface area contributed by atoms with Crippen molar-refractivity contribution < 1.29 is 16.8 Å². The molecule has 0 atom stereocenters. The van der Waals surface area contributed by atoms with Gasteiger partial charge in [0.1, 0.15) is 0 Å². The molecule has 1 aromatic carbocycles. The van der Waals surface area contributed by atoms with Gasteiger partial charge in [-0.25, -0.2) is 16.8 Å². The molecule has 1 aromatic rings. The Kier molecular flexibility index (Phi) is 3.97. The SMILES string of the molecule is CS(=O)(=O)CS(=O)(=O)Nc1ccc(Br)cc1. The molecule has 0 saturated heterocycles. The maximum Gasteiger partial charge on any atom is 0.247 e. The lowest BCUT2D eigenvalue weighted by Gasteiger charge is -2.06. The van der Waals surface area contributed by atoms with Gasteiger partial charge >= 0.3 is 0 Å². The predicted octanol–water partition coefficient (Wildman–Crippen LogP) is 1.19. The van der Waals surface area contributed by atoms with Crippen molar-refractivity contribution in [1.29, 1.82) is 0 Å². The second-order valence-electron chi connectivity index (χ2n) is 3.27. The normalized spacial score (nSPS) is 12.4. The van der Waals surface area contributed by atoms with Crippen molar-refractivity contribution in [3.8, 4) is 0 Å². The Labute approximate surface area is 103 Å². The molecule has 0 unspecified atom stereocenters. The molecule has 1 N–H and O–H groups in total. The van der Waals surface area contributed by atoms with Crippen molar-refractivity contribution in [2.45, 2.75) is 0 Å². The van der Waals surface area contributed by atoms with Crippen LogP contribution in [0.15, 0.2) is 28.7 Å². The summed E-state index contributed by atoms with van der Waals surface area (Å²) in [7, 11) is -7.43. The fraction of sp³-hybridized carbons (Fsp3) is 0.250. The zero-order chi connectivity index (χ0) is 12.4. The number of sulfone groups is 1. The van der Waals surface area contributed by atoms with Crippen molar-refractivity contribution in [1.82, 2.24) is 0 Å². The topological polar surface area (TPSA) is 80.3 Å².